The number of rotatable bonds is 3. The fourth-order valence-electron chi connectivity index (χ4n) is 4.49. The summed E-state index contributed by atoms with van der Waals surface area (Å²) in [5.74, 6) is -0.351. The standard InChI is InChI=1S/C24H24ClFN2O2/c1-14-10-15(2)13-27(12-14)22-21(17-5-7-18(26)8-6-17)23(29)28(24(22)30)19-9-4-16(3)20(25)11-19/h4-9,11,14-15H,10,12-13H2,1-3H3. The van der Waals surface area contributed by atoms with Gasteiger partial charge in [0.2, 0.25) is 0 Å². The van der Waals surface area contributed by atoms with E-state index >= 15 is 0 Å². The third-order valence-electron chi connectivity index (χ3n) is 5.79. The Kier molecular flexibility index (Phi) is 5.41. The third-order valence-corrected chi connectivity index (χ3v) is 6.20. The van der Waals surface area contributed by atoms with Gasteiger partial charge in [-0.15, -0.1) is 0 Å². The molecular weight excluding hydrogens is 403 g/mol. The van der Waals surface area contributed by atoms with Gasteiger partial charge in [-0.05, 0) is 60.6 Å². The number of aryl methyl sites for hydroxylation is 1. The summed E-state index contributed by atoms with van der Waals surface area (Å²) >= 11 is 6.27. The van der Waals surface area contributed by atoms with E-state index in [2.05, 4.69) is 13.8 Å². The maximum atomic E-state index is 13.6. The Morgan fingerprint density at radius 3 is 2.20 bits per heavy atom. The van der Waals surface area contributed by atoms with E-state index < -0.39 is 5.91 Å². The van der Waals surface area contributed by atoms with Crippen LogP contribution in [-0.4, -0.2) is 29.8 Å². The Morgan fingerprint density at radius 1 is 0.967 bits per heavy atom. The van der Waals surface area contributed by atoms with Crippen molar-refractivity contribution in [1.29, 1.82) is 0 Å². The van der Waals surface area contributed by atoms with Crippen LogP contribution in [0.25, 0.3) is 5.57 Å². The average Bonchev–Trinajstić information content (AvgIpc) is 2.94. The number of nitrogens with zero attached hydrogens (tertiary/aromatic N) is 2. The van der Waals surface area contributed by atoms with Crippen molar-refractivity contribution in [3.05, 3.63) is 70.1 Å². The third kappa shape index (κ3) is 3.63. The lowest BCUT2D eigenvalue weighted by Crippen LogP contribution is -2.42. The van der Waals surface area contributed by atoms with Gasteiger partial charge in [-0.25, -0.2) is 9.29 Å². The van der Waals surface area contributed by atoms with Crippen LogP contribution in [0.1, 0.15) is 31.4 Å². The van der Waals surface area contributed by atoms with Crippen LogP contribution in [0.3, 0.4) is 0 Å². The smallest absolute Gasteiger partial charge is 0.282 e. The fourth-order valence-corrected chi connectivity index (χ4v) is 4.66. The van der Waals surface area contributed by atoms with Crippen LogP contribution >= 0.6 is 11.6 Å². The number of hydrogen-bond donors (Lipinski definition) is 0. The summed E-state index contributed by atoms with van der Waals surface area (Å²) in [5, 5.41) is 0.491. The molecule has 2 aromatic rings. The molecule has 2 amide bonds. The molecule has 1 fully saturated rings. The van der Waals surface area contributed by atoms with Crippen molar-refractivity contribution in [1.82, 2.24) is 4.90 Å². The molecule has 2 heterocycles. The Hall–Kier alpha value is -2.66. The molecule has 0 saturated carbocycles. The summed E-state index contributed by atoms with van der Waals surface area (Å²) < 4.78 is 13.5. The lowest BCUT2D eigenvalue weighted by atomic mass is 9.91. The van der Waals surface area contributed by atoms with Gasteiger partial charge in [0.15, 0.2) is 0 Å². The van der Waals surface area contributed by atoms with Gasteiger partial charge in [-0.1, -0.05) is 43.6 Å². The predicted octanol–water partition coefficient (Wildman–Crippen LogP) is 5.05. The first kappa shape index (κ1) is 20.6. The number of piperidine rings is 1. The number of likely N-dealkylation sites (tertiary alicyclic amines) is 1. The van der Waals surface area contributed by atoms with Crippen LogP contribution in [0.2, 0.25) is 5.02 Å². The number of carbonyl (C=O) groups excluding carboxylic acids is 2. The molecule has 0 spiro atoms. The maximum Gasteiger partial charge on any atom is 0.282 e. The van der Waals surface area contributed by atoms with Crippen molar-refractivity contribution in [2.45, 2.75) is 27.2 Å². The summed E-state index contributed by atoms with van der Waals surface area (Å²) in [4.78, 5) is 30.3. The fraction of sp³-hybridized carbons (Fsp3) is 0.333. The van der Waals surface area contributed by atoms with Gasteiger partial charge < -0.3 is 4.90 Å². The van der Waals surface area contributed by atoms with Gasteiger partial charge in [-0.3, -0.25) is 9.59 Å². The minimum atomic E-state index is -0.410. The topological polar surface area (TPSA) is 40.6 Å². The van der Waals surface area contributed by atoms with Crippen molar-refractivity contribution in [3.63, 3.8) is 0 Å². The molecule has 2 unspecified atom stereocenters. The Morgan fingerprint density at radius 2 is 1.60 bits per heavy atom. The average molecular weight is 427 g/mol. The van der Waals surface area contributed by atoms with Crippen molar-refractivity contribution in [2.75, 3.05) is 18.0 Å². The number of imide groups is 1. The van der Waals surface area contributed by atoms with E-state index in [1.54, 1.807) is 30.3 Å². The van der Waals surface area contributed by atoms with Crippen molar-refractivity contribution in [3.8, 4) is 0 Å². The predicted molar refractivity (Wildman–Crippen MR) is 117 cm³/mol. The number of anilines is 1. The van der Waals surface area contributed by atoms with Crippen molar-refractivity contribution in [2.24, 2.45) is 11.8 Å². The van der Waals surface area contributed by atoms with Gasteiger partial charge in [0, 0.05) is 18.1 Å². The van der Waals surface area contributed by atoms with Crippen LogP contribution < -0.4 is 4.90 Å². The monoisotopic (exact) mass is 426 g/mol. The van der Waals surface area contributed by atoms with Gasteiger partial charge in [-0.2, -0.15) is 0 Å². The number of amides is 2. The first-order valence-corrected chi connectivity index (χ1v) is 10.5. The highest BCUT2D eigenvalue weighted by Crippen LogP contribution is 2.38. The lowest BCUT2D eigenvalue weighted by molar-refractivity contribution is -0.120. The van der Waals surface area contributed by atoms with Gasteiger partial charge in [0.25, 0.3) is 11.8 Å². The van der Waals surface area contributed by atoms with Crippen LogP contribution in [0.4, 0.5) is 10.1 Å². The number of hydrogen-bond acceptors (Lipinski definition) is 3. The lowest BCUT2D eigenvalue weighted by Gasteiger charge is -2.37. The summed E-state index contributed by atoms with van der Waals surface area (Å²) in [6, 6.07) is 10.9. The molecule has 0 N–H and O–H groups in total. The highest BCUT2D eigenvalue weighted by atomic mass is 35.5. The van der Waals surface area contributed by atoms with E-state index in [-0.39, 0.29) is 11.7 Å². The van der Waals surface area contributed by atoms with Crippen LogP contribution in [-0.2, 0) is 9.59 Å². The number of carbonyl (C=O) groups is 2. The Labute approximate surface area is 180 Å². The Bertz CT molecular complexity index is 1040. The highest BCUT2D eigenvalue weighted by Gasteiger charge is 2.43. The summed E-state index contributed by atoms with van der Waals surface area (Å²) in [5.41, 5.74) is 2.55. The molecule has 156 valence electrons. The molecule has 2 aliphatic heterocycles. The molecule has 4 rings (SSSR count). The maximum absolute atomic E-state index is 13.6. The SMILES string of the molecule is Cc1ccc(N2C(=O)C(c3ccc(F)cc3)=C(N3CC(C)CC(C)C3)C2=O)cc1Cl. The zero-order valence-corrected chi connectivity index (χ0v) is 18.0. The molecule has 2 aromatic carbocycles. The molecule has 0 bridgehead atoms. The van der Waals surface area contributed by atoms with Gasteiger partial charge in [0.05, 0.1) is 11.3 Å². The van der Waals surface area contributed by atoms with E-state index in [0.717, 1.165) is 12.0 Å². The van der Waals surface area contributed by atoms with E-state index in [1.807, 2.05) is 11.8 Å². The van der Waals surface area contributed by atoms with E-state index in [9.17, 15) is 14.0 Å². The summed E-state index contributed by atoms with van der Waals surface area (Å²) in [6.45, 7) is 7.57. The van der Waals surface area contributed by atoms with E-state index in [0.29, 0.717) is 52.5 Å². The zero-order valence-electron chi connectivity index (χ0n) is 17.3. The number of benzene rings is 2. The van der Waals surface area contributed by atoms with Crippen molar-refractivity contribution >= 4 is 34.7 Å². The normalized spacial score (nSPS) is 22.3. The second-order valence-corrected chi connectivity index (χ2v) is 8.87. The molecule has 30 heavy (non-hydrogen) atoms. The highest BCUT2D eigenvalue weighted by molar-refractivity contribution is 6.45. The molecule has 2 atom stereocenters. The second kappa shape index (κ2) is 7.88. The molecule has 0 radical (unpaired) electrons. The van der Waals surface area contributed by atoms with Crippen molar-refractivity contribution < 1.29 is 14.0 Å². The van der Waals surface area contributed by atoms with Gasteiger partial charge in [0.1, 0.15) is 11.5 Å². The van der Waals surface area contributed by atoms with Crippen LogP contribution in [0.15, 0.2) is 48.2 Å². The van der Waals surface area contributed by atoms with E-state index in [1.165, 1.54) is 17.0 Å². The Balaban J connectivity index is 1.84. The minimum Gasteiger partial charge on any atom is -0.366 e. The molecule has 0 aromatic heterocycles. The molecule has 6 heteroatoms. The number of halogens is 2. The summed E-state index contributed by atoms with van der Waals surface area (Å²) in [7, 11) is 0. The minimum absolute atomic E-state index is 0.318. The molecular formula is C24H24ClFN2O2. The largest absolute Gasteiger partial charge is 0.366 e. The van der Waals surface area contributed by atoms with E-state index in [4.69, 9.17) is 11.6 Å². The molecule has 1 saturated heterocycles. The molecule has 4 nitrogen and oxygen atoms in total. The quantitative estimate of drug-likeness (QED) is 0.645. The zero-order chi connectivity index (χ0) is 21.6. The molecule has 2 aliphatic rings. The summed E-state index contributed by atoms with van der Waals surface area (Å²) in [6.07, 6.45) is 1.08. The first-order chi connectivity index (χ1) is 14.3. The van der Waals surface area contributed by atoms with Crippen LogP contribution in [0.5, 0.6) is 0 Å². The second-order valence-electron chi connectivity index (χ2n) is 8.46. The van der Waals surface area contributed by atoms with Gasteiger partial charge >= 0.3 is 0 Å². The first-order valence-electron chi connectivity index (χ1n) is 10.2. The molecule has 0 aliphatic carbocycles. The van der Waals surface area contributed by atoms with Crippen LogP contribution in [0, 0.1) is 24.6 Å².